The minimum Gasteiger partial charge on any atom is -0.334 e. The Hall–Kier alpha value is -0.830. The molecule has 0 unspecified atom stereocenters. The number of nitrogens with zero attached hydrogens (tertiary/aromatic N) is 2. The van der Waals surface area contributed by atoms with E-state index in [4.69, 9.17) is 0 Å². The van der Waals surface area contributed by atoms with Gasteiger partial charge in [-0.3, -0.25) is 0 Å². The first-order valence-electron chi connectivity index (χ1n) is 4.40. The molecule has 0 saturated carbocycles. The van der Waals surface area contributed by atoms with Crippen molar-refractivity contribution >= 4 is 0 Å². The number of nitrogens with one attached hydrogen (secondary N) is 1. The van der Waals surface area contributed by atoms with Crippen LogP contribution in [0.5, 0.6) is 0 Å². The van der Waals surface area contributed by atoms with Gasteiger partial charge in [0.1, 0.15) is 0 Å². The summed E-state index contributed by atoms with van der Waals surface area (Å²) in [5, 5.41) is 3.36. The van der Waals surface area contributed by atoms with Crippen molar-refractivity contribution in [3.63, 3.8) is 0 Å². The van der Waals surface area contributed by atoms with E-state index in [1.54, 1.807) is 0 Å². The molecule has 0 aliphatic heterocycles. The molecule has 0 aromatic carbocycles. The van der Waals surface area contributed by atoms with Gasteiger partial charge in [-0.2, -0.15) is 0 Å². The van der Waals surface area contributed by atoms with Gasteiger partial charge in [-0.05, 0) is 6.92 Å². The van der Waals surface area contributed by atoms with Crippen molar-refractivity contribution < 1.29 is 0 Å². The summed E-state index contributed by atoms with van der Waals surface area (Å²) in [6.07, 6.45) is 3.76. The minimum absolute atomic E-state index is 0.564. The molecule has 68 valence electrons. The zero-order valence-electron chi connectivity index (χ0n) is 8.04. The van der Waals surface area contributed by atoms with Gasteiger partial charge in [-0.15, -0.1) is 0 Å². The Morgan fingerprint density at radius 2 is 2.33 bits per heavy atom. The predicted molar refractivity (Wildman–Crippen MR) is 50.1 cm³/mol. The van der Waals surface area contributed by atoms with Crippen LogP contribution in [0.1, 0.15) is 19.5 Å². The van der Waals surface area contributed by atoms with Crippen molar-refractivity contribution in [2.24, 2.45) is 0 Å². The van der Waals surface area contributed by atoms with E-state index in [1.807, 2.05) is 12.5 Å². The van der Waals surface area contributed by atoms with E-state index in [0.29, 0.717) is 6.04 Å². The molecule has 0 fully saturated rings. The van der Waals surface area contributed by atoms with Crippen molar-refractivity contribution in [3.8, 4) is 0 Å². The lowest BCUT2D eigenvalue weighted by Crippen LogP contribution is -2.26. The Labute approximate surface area is 73.8 Å². The summed E-state index contributed by atoms with van der Waals surface area (Å²) in [5.41, 5.74) is 1.22. The molecular weight excluding hydrogens is 150 g/mol. The van der Waals surface area contributed by atoms with Crippen LogP contribution in [0.2, 0.25) is 0 Å². The second-order valence-electron chi connectivity index (χ2n) is 3.34. The van der Waals surface area contributed by atoms with Crippen LogP contribution >= 0.6 is 0 Å². The number of hydrogen-bond donors (Lipinski definition) is 1. The molecule has 0 saturated heterocycles. The Kier molecular flexibility index (Phi) is 3.29. The summed E-state index contributed by atoms with van der Waals surface area (Å²) in [7, 11) is 0. The summed E-state index contributed by atoms with van der Waals surface area (Å²) in [6, 6.07) is 0.564. The Balaban J connectivity index is 2.29. The molecule has 0 amide bonds. The number of rotatable bonds is 4. The van der Waals surface area contributed by atoms with Gasteiger partial charge in [0, 0.05) is 31.0 Å². The van der Waals surface area contributed by atoms with Gasteiger partial charge in [0.15, 0.2) is 0 Å². The normalized spacial score (nSPS) is 11.0. The fourth-order valence-corrected chi connectivity index (χ4v) is 1.09. The summed E-state index contributed by atoms with van der Waals surface area (Å²) < 4.78 is 2.15. The lowest BCUT2D eigenvalue weighted by molar-refractivity contribution is 0.536. The number of hydrogen-bond acceptors (Lipinski definition) is 2. The highest BCUT2D eigenvalue weighted by Crippen LogP contribution is 1.94. The van der Waals surface area contributed by atoms with Crippen LogP contribution < -0.4 is 5.32 Å². The number of aryl methyl sites for hydroxylation is 1. The topological polar surface area (TPSA) is 29.9 Å². The molecule has 12 heavy (non-hydrogen) atoms. The highest BCUT2D eigenvalue weighted by molar-refractivity contribution is 4.93. The predicted octanol–water partition coefficient (Wildman–Crippen LogP) is 1.19. The first-order valence-corrected chi connectivity index (χ1v) is 4.40. The molecule has 1 heterocycles. The maximum Gasteiger partial charge on any atom is 0.0948 e. The van der Waals surface area contributed by atoms with Crippen molar-refractivity contribution in [2.45, 2.75) is 33.4 Å². The Morgan fingerprint density at radius 1 is 1.58 bits per heavy atom. The number of imidazole rings is 1. The first kappa shape index (κ1) is 9.26. The van der Waals surface area contributed by atoms with Crippen LogP contribution in [-0.2, 0) is 6.54 Å². The monoisotopic (exact) mass is 167 g/mol. The van der Waals surface area contributed by atoms with E-state index < -0.39 is 0 Å². The van der Waals surface area contributed by atoms with E-state index in [1.165, 1.54) is 5.69 Å². The third-order valence-corrected chi connectivity index (χ3v) is 1.83. The van der Waals surface area contributed by atoms with Crippen LogP contribution in [0.25, 0.3) is 0 Å². The van der Waals surface area contributed by atoms with Gasteiger partial charge < -0.3 is 9.88 Å². The van der Waals surface area contributed by atoms with E-state index in [-0.39, 0.29) is 0 Å². The summed E-state index contributed by atoms with van der Waals surface area (Å²) in [4.78, 5) is 4.05. The largest absolute Gasteiger partial charge is 0.334 e. The van der Waals surface area contributed by atoms with Crippen LogP contribution in [0.3, 0.4) is 0 Å². The quantitative estimate of drug-likeness (QED) is 0.730. The molecule has 0 aliphatic rings. The average Bonchev–Trinajstić information content (AvgIpc) is 2.36. The number of aromatic nitrogens is 2. The van der Waals surface area contributed by atoms with Crippen molar-refractivity contribution in [1.29, 1.82) is 0 Å². The van der Waals surface area contributed by atoms with E-state index in [0.717, 1.165) is 13.1 Å². The molecule has 1 N–H and O–H groups in total. The molecule has 3 heteroatoms. The zero-order chi connectivity index (χ0) is 8.97. The summed E-state index contributed by atoms with van der Waals surface area (Å²) >= 11 is 0. The van der Waals surface area contributed by atoms with Gasteiger partial charge in [0.05, 0.1) is 6.33 Å². The Bertz CT molecular complexity index is 227. The molecule has 0 radical (unpaired) electrons. The maximum atomic E-state index is 4.05. The second kappa shape index (κ2) is 4.26. The fourth-order valence-electron chi connectivity index (χ4n) is 1.09. The van der Waals surface area contributed by atoms with Crippen molar-refractivity contribution in [1.82, 2.24) is 14.9 Å². The van der Waals surface area contributed by atoms with Crippen LogP contribution in [-0.4, -0.2) is 22.1 Å². The van der Waals surface area contributed by atoms with Crippen LogP contribution in [0.4, 0.5) is 0 Å². The minimum atomic E-state index is 0.564. The fraction of sp³-hybridized carbons (Fsp3) is 0.667. The zero-order valence-corrected chi connectivity index (χ0v) is 8.04. The van der Waals surface area contributed by atoms with E-state index >= 15 is 0 Å². The standard InChI is InChI=1S/C9H17N3/c1-8(2)11-4-5-12-7-10-6-9(12)3/h6-8,11H,4-5H2,1-3H3. The smallest absolute Gasteiger partial charge is 0.0948 e. The molecule has 0 spiro atoms. The van der Waals surface area contributed by atoms with Gasteiger partial charge in [0.25, 0.3) is 0 Å². The van der Waals surface area contributed by atoms with Crippen LogP contribution in [0.15, 0.2) is 12.5 Å². The third-order valence-electron chi connectivity index (χ3n) is 1.83. The molecule has 1 aromatic rings. The first-order chi connectivity index (χ1) is 5.70. The van der Waals surface area contributed by atoms with E-state index in [2.05, 4.69) is 35.6 Å². The van der Waals surface area contributed by atoms with E-state index in [9.17, 15) is 0 Å². The molecular formula is C9H17N3. The molecule has 0 aliphatic carbocycles. The maximum absolute atomic E-state index is 4.05. The highest BCUT2D eigenvalue weighted by Gasteiger charge is 1.96. The molecule has 1 aromatic heterocycles. The SMILES string of the molecule is Cc1cncn1CCNC(C)C. The van der Waals surface area contributed by atoms with Crippen molar-refractivity contribution in [3.05, 3.63) is 18.2 Å². The summed E-state index contributed by atoms with van der Waals surface area (Å²) in [5.74, 6) is 0. The molecule has 3 nitrogen and oxygen atoms in total. The van der Waals surface area contributed by atoms with Crippen molar-refractivity contribution in [2.75, 3.05) is 6.54 Å². The van der Waals surface area contributed by atoms with Gasteiger partial charge in [0.2, 0.25) is 0 Å². The van der Waals surface area contributed by atoms with Gasteiger partial charge >= 0.3 is 0 Å². The second-order valence-corrected chi connectivity index (χ2v) is 3.34. The van der Waals surface area contributed by atoms with Gasteiger partial charge in [-0.25, -0.2) is 4.98 Å². The van der Waals surface area contributed by atoms with Gasteiger partial charge in [-0.1, -0.05) is 13.8 Å². The lowest BCUT2D eigenvalue weighted by atomic mass is 10.4. The molecule has 0 bridgehead atoms. The average molecular weight is 167 g/mol. The third kappa shape index (κ3) is 2.66. The highest BCUT2D eigenvalue weighted by atomic mass is 15.1. The Morgan fingerprint density at radius 3 is 2.83 bits per heavy atom. The lowest BCUT2D eigenvalue weighted by Gasteiger charge is -2.09. The molecule has 1 rings (SSSR count). The van der Waals surface area contributed by atoms with Crippen LogP contribution in [0, 0.1) is 6.92 Å². The molecule has 0 atom stereocenters. The summed E-state index contributed by atoms with van der Waals surface area (Å²) in [6.45, 7) is 8.39.